The van der Waals surface area contributed by atoms with Crippen molar-refractivity contribution in [2.45, 2.75) is 39.9 Å². The second kappa shape index (κ2) is 10.4. The number of nitrogens with one attached hydrogen (secondary N) is 3. The van der Waals surface area contributed by atoms with Gasteiger partial charge in [0.1, 0.15) is 39.9 Å². The highest BCUT2D eigenvalue weighted by Crippen LogP contribution is 2.29. The SMILES string of the molecule is CCOC(=O)c1cnc(NCc2ccc(OC)cc2OC)cc1Nc1cc(C)c2n(c1=O)C(C)(C)NC2=O. The average molecular weight is 522 g/mol. The number of amides is 1. The molecule has 38 heavy (non-hydrogen) atoms. The standard InChI is InChI=1S/C27H31N5O6/c1-7-38-26(35)18-14-29-22(28-13-16-8-9-17(36-5)11-21(16)37-6)12-19(18)30-20-10-15(2)23-24(33)31-27(3,4)32(23)25(20)34/h8-12,14H,7,13H2,1-6H3,(H,31,33)(H2,28,29,30). The van der Waals surface area contributed by atoms with Gasteiger partial charge in [0.05, 0.1) is 26.5 Å². The number of nitrogens with zero attached hydrogens (tertiary/aromatic N) is 2. The molecule has 0 fully saturated rings. The van der Waals surface area contributed by atoms with Crippen LogP contribution in [0.15, 0.2) is 41.3 Å². The predicted octanol–water partition coefficient (Wildman–Crippen LogP) is 3.54. The number of aryl methyl sites for hydroxylation is 1. The Morgan fingerprint density at radius 3 is 2.55 bits per heavy atom. The molecule has 0 radical (unpaired) electrons. The lowest BCUT2D eigenvalue weighted by Crippen LogP contribution is -2.42. The third-order valence-electron chi connectivity index (χ3n) is 6.21. The van der Waals surface area contributed by atoms with Gasteiger partial charge in [0.2, 0.25) is 0 Å². The highest BCUT2D eigenvalue weighted by Gasteiger charge is 2.37. The molecule has 11 heteroatoms. The van der Waals surface area contributed by atoms with Gasteiger partial charge in [-0.25, -0.2) is 9.78 Å². The van der Waals surface area contributed by atoms with Gasteiger partial charge < -0.3 is 30.2 Å². The van der Waals surface area contributed by atoms with Crippen molar-refractivity contribution < 1.29 is 23.8 Å². The Bertz CT molecular complexity index is 1460. The largest absolute Gasteiger partial charge is 0.497 e. The Labute approximate surface area is 220 Å². The summed E-state index contributed by atoms with van der Waals surface area (Å²) < 4.78 is 17.3. The van der Waals surface area contributed by atoms with Crippen molar-refractivity contribution in [1.82, 2.24) is 14.9 Å². The van der Waals surface area contributed by atoms with E-state index < -0.39 is 17.2 Å². The van der Waals surface area contributed by atoms with Crippen LogP contribution >= 0.6 is 0 Å². The Morgan fingerprint density at radius 1 is 1.11 bits per heavy atom. The lowest BCUT2D eigenvalue weighted by atomic mass is 10.1. The van der Waals surface area contributed by atoms with Crippen molar-refractivity contribution in [3.63, 3.8) is 0 Å². The molecule has 0 saturated heterocycles. The lowest BCUT2D eigenvalue weighted by Gasteiger charge is -2.23. The normalized spacial score (nSPS) is 13.4. The number of pyridine rings is 2. The van der Waals surface area contributed by atoms with Gasteiger partial charge in [-0.3, -0.25) is 14.2 Å². The van der Waals surface area contributed by atoms with Gasteiger partial charge in [0.15, 0.2) is 0 Å². The summed E-state index contributed by atoms with van der Waals surface area (Å²) in [5.41, 5.74) is 1.18. The maximum Gasteiger partial charge on any atom is 0.341 e. The molecule has 0 aliphatic carbocycles. The minimum Gasteiger partial charge on any atom is -0.497 e. The highest BCUT2D eigenvalue weighted by atomic mass is 16.5. The molecule has 1 aliphatic heterocycles. The fraction of sp³-hybridized carbons (Fsp3) is 0.333. The summed E-state index contributed by atoms with van der Waals surface area (Å²) >= 11 is 0. The van der Waals surface area contributed by atoms with Gasteiger partial charge in [-0.05, 0) is 51.5 Å². The van der Waals surface area contributed by atoms with Crippen LogP contribution in [0, 0.1) is 6.92 Å². The quantitative estimate of drug-likeness (QED) is 0.362. The summed E-state index contributed by atoms with van der Waals surface area (Å²) in [7, 11) is 3.16. The Hall–Kier alpha value is -4.54. The molecule has 0 unspecified atom stereocenters. The molecule has 2 aromatic heterocycles. The van der Waals surface area contributed by atoms with E-state index in [-0.39, 0.29) is 23.8 Å². The first-order valence-corrected chi connectivity index (χ1v) is 12.1. The number of benzene rings is 1. The van der Waals surface area contributed by atoms with Crippen LogP contribution in [0.25, 0.3) is 0 Å². The number of fused-ring (bicyclic) bond motifs is 1. The number of rotatable bonds is 9. The molecule has 3 aromatic rings. The van der Waals surface area contributed by atoms with Crippen LogP contribution in [-0.2, 0) is 16.9 Å². The van der Waals surface area contributed by atoms with Gasteiger partial charge in [0.25, 0.3) is 11.5 Å². The van der Waals surface area contributed by atoms with Gasteiger partial charge in [-0.15, -0.1) is 0 Å². The number of carbonyl (C=O) groups excluding carboxylic acids is 2. The number of esters is 1. The van der Waals surface area contributed by atoms with Crippen molar-refractivity contribution in [2.75, 3.05) is 31.5 Å². The maximum atomic E-state index is 13.4. The summed E-state index contributed by atoms with van der Waals surface area (Å²) in [5, 5.41) is 9.13. The van der Waals surface area contributed by atoms with Crippen LogP contribution in [0.5, 0.6) is 11.5 Å². The number of hydrogen-bond donors (Lipinski definition) is 3. The van der Waals surface area contributed by atoms with E-state index in [4.69, 9.17) is 14.2 Å². The fourth-order valence-corrected chi connectivity index (χ4v) is 4.40. The van der Waals surface area contributed by atoms with Crippen molar-refractivity contribution in [3.05, 3.63) is 69.3 Å². The third kappa shape index (κ3) is 4.99. The number of methoxy groups -OCH3 is 2. The summed E-state index contributed by atoms with van der Waals surface area (Å²) in [5.74, 6) is 0.873. The Morgan fingerprint density at radius 2 is 1.87 bits per heavy atom. The lowest BCUT2D eigenvalue weighted by molar-refractivity contribution is 0.0527. The van der Waals surface area contributed by atoms with Crippen molar-refractivity contribution in [1.29, 1.82) is 0 Å². The van der Waals surface area contributed by atoms with E-state index in [2.05, 4.69) is 20.9 Å². The number of ether oxygens (including phenoxy) is 3. The van der Waals surface area contributed by atoms with Gasteiger partial charge in [-0.1, -0.05) is 0 Å². The summed E-state index contributed by atoms with van der Waals surface area (Å²) in [6.45, 7) is 7.51. The second-order valence-electron chi connectivity index (χ2n) is 9.24. The molecule has 1 amide bonds. The van der Waals surface area contributed by atoms with Crippen LogP contribution < -0.4 is 31.0 Å². The van der Waals surface area contributed by atoms with E-state index in [0.717, 1.165) is 5.56 Å². The smallest absolute Gasteiger partial charge is 0.341 e. The summed E-state index contributed by atoms with van der Waals surface area (Å²) in [6, 6.07) is 8.71. The maximum absolute atomic E-state index is 13.4. The molecule has 0 atom stereocenters. The topological polar surface area (TPSA) is 133 Å². The molecule has 1 aromatic carbocycles. The Kier molecular flexibility index (Phi) is 7.29. The molecular weight excluding hydrogens is 490 g/mol. The zero-order chi connectivity index (χ0) is 27.6. The summed E-state index contributed by atoms with van der Waals surface area (Å²) in [6.07, 6.45) is 1.39. The zero-order valence-corrected chi connectivity index (χ0v) is 22.2. The average Bonchev–Trinajstić information content (AvgIpc) is 3.14. The fourth-order valence-electron chi connectivity index (χ4n) is 4.40. The molecule has 0 bridgehead atoms. The Balaban J connectivity index is 1.70. The first-order valence-electron chi connectivity index (χ1n) is 12.1. The minimum absolute atomic E-state index is 0.162. The second-order valence-corrected chi connectivity index (χ2v) is 9.24. The number of hydrogen-bond acceptors (Lipinski definition) is 9. The molecule has 200 valence electrons. The molecule has 1 aliphatic rings. The molecule has 3 N–H and O–H groups in total. The molecule has 3 heterocycles. The van der Waals surface area contributed by atoms with Crippen LogP contribution in [0.4, 0.5) is 17.2 Å². The van der Waals surface area contributed by atoms with E-state index >= 15 is 0 Å². The van der Waals surface area contributed by atoms with E-state index in [1.165, 1.54) is 10.8 Å². The number of carbonyl (C=O) groups is 2. The summed E-state index contributed by atoms with van der Waals surface area (Å²) in [4.78, 5) is 43.0. The van der Waals surface area contributed by atoms with Crippen molar-refractivity contribution in [3.8, 4) is 11.5 Å². The molecule has 0 spiro atoms. The minimum atomic E-state index is -0.904. The van der Waals surface area contributed by atoms with Gasteiger partial charge in [0, 0.05) is 30.4 Å². The molecular formula is C27H31N5O6. The molecule has 11 nitrogen and oxygen atoms in total. The monoisotopic (exact) mass is 521 g/mol. The first kappa shape index (κ1) is 26.5. The molecule has 0 saturated carbocycles. The third-order valence-corrected chi connectivity index (χ3v) is 6.21. The first-order chi connectivity index (χ1) is 18.1. The van der Waals surface area contributed by atoms with E-state index in [0.29, 0.717) is 40.8 Å². The van der Waals surface area contributed by atoms with Crippen LogP contribution in [-0.4, -0.2) is 42.3 Å². The van der Waals surface area contributed by atoms with E-state index in [1.807, 2.05) is 12.1 Å². The van der Waals surface area contributed by atoms with Crippen LogP contribution in [0.2, 0.25) is 0 Å². The predicted molar refractivity (Wildman–Crippen MR) is 143 cm³/mol. The number of aromatic nitrogens is 2. The van der Waals surface area contributed by atoms with Crippen LogP contribution in [0.1, 0.15) is 52.7 Å². The molecule has 4 rings (SSSR count). The van der Waals surface area contributed by atoms with E-state index in [9.17, 15) is 14.4 Å². The van der Waals surface area contributed by atoms with Gasteiger partial charge in [-0.2, -0.15) is 0 Å². The van der Waals surface area contributed by atoms with Crippen molar-refractivity contribution in [2.24, 2.45) is 0 Å². The zero-order valence-electron chi connectivity index (χ0n) is 22.2. The van der Waals surface area contributed by atoms with E-state index in [1.54, 1.807) is 60.1 Å². The van der Waals surface area contributed by atoms with Gasteiger partial charge >= 0.3 is 5.97 Å². The van der Waals surface area contributed by atoms with Crippen LogP contribution in [0.3, 0.4) is 0 Å². The highest BCUT2D eigenvalue weighted by molar-refractivity contribution is 5.98. The number of anilines is 3. The van der Waals surface area contributed by atoms with Crippen molar-refractivity contribution >= 4 is 29.1 Å².